The molecule has 0 bridgehead atoms. The van der Waals surface area contributed by atoms with E-state index in [1.165, 1.54) is 11.8 Å². The topological polar surface area (TPSA) is 78.9 Å². The summed E-state index contributed by atoms with van der Waals surface area (Å²) in [5.74, 6) is 2.35. The van der Waals surface area contributed by atoms with Crippen LogP contribution in [0.3, 0.4) is 0 Å². The van der Waals surface area contributed by atoms with E-state index in [-0.39, 0.29) is 5.25 Å². The van der Waals surface area contributed by atoms with Gasteiger partial charge >= 0.3 is 0 Å². The van der Waals surface area contributed by atoms with Crippen molar-refractivity contribution in [2.24, 2.45) is 0 Å². The normalized spacial score (nSPS) is 14.5. The summed E-state index contributed by atoms with van der Waals surface area (Å²) >= 11 is 13.8. The van der Waals surface area contributed by atoms with E-state index in [2.05, 4.69) is 25.0 Å². The van der Waals surface area contributed by atoms with Gasteiger partial charge in [-0.15, -0.1) is 20.4 Å². The van der Waals surface area contributed by atoms with Crippen LogP contribution in [0.25, 0.3) is 11.5 Å². The van der Waals surface area contributed by atoms with Crippen LogP contribution >= 0.6 is 35.0 Å². The molecule has 2 aromatic heterocycles. The van der Waals surface area contributed by atoms with Crippen LogP contribution in [-0.4, -0.2) is 25.0 Å². The molecule has 5 rings (SSSR count). The van der Waals surface area contributed by atoms with Crippen LogP contribution in [0.2, 0.25) is 10.0 Å². The molecule has 1 aliphatic rings. The molecule has 1 atom stereocenters. The van der Waals surface area contributed by atoms with E-state index in [9.17, 15) is 0 Å². The molecule has 0 amide bonds. The Morgan fingerprint density at radius 3 is 2.72 bits per heavy atom. The minimum Gasteiger partial charge on any atom is -0.484 e. The lowest BCUT2D eigenvalue weighted by molar-refractivity contribution is 0.288. The Hall–Kier alpha value is -2.55. The first-order valence-corrected chi connectivity index (χ1v) is 11.8. The first-order chi connectivity index (χ1) is 15.6. The smallest absolute Gasteiger partial charge is 0.247 e. The van der Waals surface area contributed by atoms with Crippen molar-refractivity contribution in [3.63, 3.8) is 0 Å². The maximum atomic E-state index is 6.20. The van der Waals surface area contributed by atoms with Crippen molar-refractivity contribution < 1.29 is 9.15 Å². The molecule has 2 heterocycles. The predicted molar refractivity (Wildman–Crippen MR) is 123 cm³/mol. The van der Waals surface area contributed by atoms with E-state index in [4.69, 9.17) is 32.4 Å². The number of benzene rings is 2. The number of aromatic nitrogens is 5. The summed E-state index contributed by atoms with van der Waals surface area (Å²) in [5, 5.41) is 19.1. The summed E-state index contributed by atoms with van der Waals surface area (Å²) in [6.07, 6.45) is 2.19. The van der Waals surface area contributed by atoms with Gasteiger partial charge in [-0.05, 0) is 50.1 Å². The molecule has 164 valence electrons. The second-order valence-electron chi connectivity index (χ2n) is 7.43. The average molecular weight is 488 g/mol. The number of nitrogens with zero attached hydrogens (tertiary/aromatic N) is 5. The van der Waals surface area contributed by atoms with Crippen LogP contribution in [0.5, 0.6) is 5.75 Å². The van der Waals surface area contributed by atoms with Gasteiger partial charge in [-0.3, -0.25) is 4.57 Å². The fraction of sp³-hybridized carbons (Fsp3) is 0.273. The molecule has 0 spiro atoms. The Balaban J connectivity index is 1.32. The third kappa shape index (κ3) is 4.62. The van der Waals surface area contributed by atoms with Crippen molar-refractivity contribution >= 4 is 35.0 Å². The summed E-state index contributed by atoms with van der Waals surface area (Å²) in [5.41, 5.74) is 0.786. The van der Waals surface area contributed by atoms with E-state index < -0.39 is 0 Å². The molecule has 0 aliphatic heterocycles. The number of ether oxygens (including phenoxy) is 1. The predicted octanol–water partition coefficient (Wildman–Crippen LogP) is 6.40. The van der Waals surface area contributed by atoms with Gasteiger partial charge in [0.05, 0.1) is 10.3 Å². The van der Waals surface area contributed by atoms with Crippen molar-refractivity contribution in [2.75, 3.05) is 0 Å². The lowest BCUT2D eigenvalue weighted by atomic mass is 10.2. The zero-order valence-corrected chi connectivity index (χ0v) is 19.4. The van der Waals surface area contributed by atoms with E-state index >= 15 is 0 Å². The molecule has 2 aromatic carbocycles. The molecular formula is C22H19Cl2N5O2S. The Bertz CT molecular complexity index is 1240. The van der Waals surface area contributed by atoms with Crippen LogP contribution in [0.15, 0.2) is 58.1 Å². The lowest BCUT2D eigenvalue weighted by Crippen LogP contribution is -2.07. The SMILES string of the molecule is C[C@@H](Sc1nnc(COc2ccccc2Cl)n1C1CC1)c1nnc(-c2cccc(Cl)c2)o1. The van der Waals surface area contributed by atoms with Crippen LogP contribution in [0.4, 0.5) is 0 Å². The molecule has 0 unspecified atom stereocenters. The van der Waals surface area contributed by atoms with Crippen LogP contribution in [-0.2, 0) is 6.61 Å². The minimum absolute atomic E-state index is 0.102. The third-order valence-corrected chi connectivity index (χ3v) is 6.57. The van der Waals surface area contributed by atoms with Crippen molar-refractivity contribution in [1.82, 2.24) is 25.0 Å². The summed E-state index contributed by atoms with van der Waals surface area (Å²) in [7, 11) is 0. The van der Waals surface area contributed by atoms with Gasteiger partial charge < -0.3 is 9.15 Å². The second-order valence-corrected chi connectivity index (χ2v) is 9.59. The van der Waals surface area contributed by atoms with Gasteiger partial charge in [-0.1, -0.05) is 53.2 Å². The van der Waals surface area contributed by atoms with Gasteiger partial charge in [0, 0.05) is 16.6 Å². The number of halogens is 2. The second kappa shape index (κ2) is 9.13. The van der Waals surface area contributed by atoms with Gasteiger partial charge in [-0.25, -0.2) is 0 Å². The van der Waals surface area contributed by atoms with Gasteiger partial charge in [0.2, 0.25) is 11.8 Å². The third-order valence-electron chi connectivity index (χ3n) is 4.98. The average Bonchev–Trinajstić information content (AvgIpc) is 3.35. The quantitative estimate of drug-likeness (QED) is 0.266. The zero-order valence-electron chi connectivity index (χ0n) is 17.1. The molecule has 1 saturated carbocycles. The Labute approximate surface area is 199 Å². The largest absolute Gasteiger partial charge is 0.484 e. The number of para-hydroxylation sites is 1. The number of thioether (sulfide) groups is 1. The highest BCUT2D eigenvalue weighted by molar-refractivity contribution is 7.99. The number of hydrogen-bond donors (Lipinski definition) is 0. The van der Waals surface area contributed by atoms with Gasteiger partial charge in [0.15, 0.2) is 11.0 Å². The highest BCUT2D eigenvalue weighted by atomic mass is 35.5. The maximum absolute atomic E-state index is 6.20. The van der Waals surface area contributed by atoms with Crippen LogP contribution in [0.1, 0.15) is 42.8 Å². The van der Waals surface area contributed by atoms with Crippen molar-refractivity contribution in [2.45, 2.75) is 42.8 Å². The zero-order chi connectivity index (χ0) is 22.1. The highest BCUT2D eigenvalue weighted by Gasteiger charge is 2.31. The fourth-order valence-corrected chi connectivity index (χ4v) is 4.58. The van der Waals surface area contributed by atoms with Crippen LogP contribution in [0, 0.1) is 0 Å². The summed E-state index contributed by atoms with van der Waals surface area (Å²) in [4.78, 5) is 0. The molecule has 0 N–H and O–H groups in total. The Kier molecular flexibility index (Phi) is 6.08. The monoisotopic (exact) mass is 487 g/mol. The molecule has 10 heteroatoms. The molecule has 32 heavy (non-hydrogen) atoms. The van der Waals surface area contributed by atoms with E-state index in [0.29, 0.717) is 40.2 Å². The van der Waals surface area contributed by atoms with Crippen molar-refractivity contribution in [3.05, 3.63) is 70.3 Å². The molecule has 0 saturated heterocycles. The summed E-state index contributed by atoms with van der Waals surface area (Å²) in [6.45, 7) is 2.30. The standard InChI is InChI=1S/C22H19Cl2N5O2S/c1-13(20-26-27-21(31-20)14-5-4-6-15(23)11-14)32-22-28-25-19(29(22)16-9-10-16)12-30-18-8-3-2-7-17(18)24/h2-8,11,13,16H,9-10,12H2,1H3/t13-/m1/s1. The Morgan fingerprint density at radius 1 is 1.09 bits per heavy atom. The first-order valence-electron chi connectivity index (χ1n) is 10.2. The maximum Gasteiger partial charge on any atom is 0.247 e. The van der Waals surface area contributed by atoms with Crippen molar-refractivity contribution in [3.8, 4) is 17.2 Å². The van der Waals surface area contributed by atoms with Gasteiger partial charge in [0.1, 0.15) is 12.4 Å². The molecule has 1 aliphatic carbocycles. The number of hydrogen-bond acceptors (Lipinski definition) is 7. The molecule has 1 fully saturated rings. The van der Waals surface area contributed by atoms with E-state index in [0.717, 1.165) is 29.4 Å². The van der Waals surface area contributed by atoms with E-state index in [1.54, 1.807) is 18.2 Å². The van der Waals surface area contributed by atoms with Crippen molar-refractivity contribution in [1.29, 1.82) is 0 Å². The summed E-state index contributed by atoms with van der Waals surface area (Å²) in [6, 6.07) is 15.1. The number of rotatable bonds is 8. The summed E-state index contributed by atoms with van der Waals surface area (Å²) < 4.78 is 13.9. The lowest BCUT2D eigenvalue weighted by Gasteiger charge is -2.12. The molecular weight excluding hydrogens is 469 g/mol. The highest BCUT2D eigenvalue weighted by Crippen LogP contribution is 2.42. The fourth-order valence-electron chi connectivity index (χ4n) is 3.24. The van der Waals surface area contributed by atoms with E-state index in [1.807, 2.05) is 37.3 Å². The first kappa shape index (κ1) is 21.3. The van der Waals surface area contributed by atoms with Gasteiger partial charge in [0.25, 0.3) is 0 Å². The van der Waals surface area contributed by atoms with Gasteiger partial charge in [-0.2, -0.15) is 0 Å². The Morgan fingerprint density at radius 2 is 1.94 bits per heavy atom. The molecule has 4 aromatic rings. The molecule has 0 radical (unpaired) electrons. The molecule has 7 nitrogen and oxygen atoms in total. The minimum atomic E-state index is -0.102. The van der Waals surface area contributed by atoms with Crippen LogP contribution < -0.4 is 4.74 Å².